The van der Waals surface area contributed by atoms with Gasteiger partial charge in [0.2, 0.25) is 5.72 Å². The maximum absolute atomic E-state index is 16.4. The molecule has 1 fully saturated rings. The van der Waals surface area contributed by atoms with Crippen molar-refractivity contribution in [3.63, 3.8) is 0 Å². The summed E-state index contributed by atoms with van der Waals surface area (Å²) < 4.78 is 45.9. The number of amides is 1. The largest absolute Gasteiger partial charge is 0.406 e. The van der Waals surface area contributed by atoms with E-state index in [1.165, 1.54) is 0 Å². The summed E-state index contributed by atoms with van der Waals surface area (Å²) in [6, 6.07) is 8.16. The van der Waals surface area contributed by atoms with Gasteiger partial charge in [-0.25, -0.2) is 0 Å². The van der Waals surface area contributed by atoms with Gasteiger partial charge in [-0.3, -0.25) is 4.79 Å². The molecule has 37 heavy (non-hydrogen) atoms. The monoisotopic (exact) mass is 573 g/mol. The average Bonchev–Trinajstić information content (AvgIpc) is 2.92. The second kappa shape index (κ2) is 10.8. The molecule has 10 heteroatoms. The van der Waals surface area contributed by atoms with Crippen LogP contribution >= 0.6 is 11.8 Å². The minimum atomic E-state index is -3.80. The van der Waals surface area contributed by atoms with Crippen LogP contribution in [0.25, 0.3) is 0 Å². The molecular formula is C27H45F2NO4SSi2. The molecule has 1 aromatic carbocycles. The molecule has 0 spiro atoms. The van der Waals surface area contributed by atoms with Gasteiger partial charge in [0.05, 0.1) is 0 Å². The molecule has 3 atom stereocenters. The lowest BCUT2D eigenvalue weighted by molar-refractivity contribution is -0.232. The summed E-state index contributed by atoms with van der Waals surface area (Å²) in [6.07, 6.45) is -1.15. The van der Waals surface area contributed by atoms with Crippen molar-refractivity contribution < 1.29 is 27.5 Å². The Hall–Kier alpha value is -1.05. The lowest BCUT2D eigenvalue weighted by Crippen LogP contribution is -2.65. The number of alkyl halides is 2. The molecule has 0 unspecified atom stereocenters. The molecule has 5 nitrogen and oxygen atoms in total. The van der Waals surface area contributed by atoms with Crippen molar-refractivity contribution in [1.82, 2.24) is 4.90 Å². The number of hydrogen-bond donors (Lipinski definition) is 1. The summed E-state index contributed by atoms with van der Waals surface area (Å²) in [5.74, 6) is -0.675. The molecule has 0 bridgehead atoms. The molecule has 0 radical (unpaired) electrons. The van der Waals surface area contributed by atoms with E-state index in [0.717, 1.165) is 4.90 Å². The second-order valence-electron chi connectivity index (χ2n) is 12.8. The van der Waals surface area contributed by atoms with E-state index in [1.807, 2.05) is 67.7 Å². The zero-order valence-electron chi connectivity index (χ0n) is 24.0. The quantitative estimate of drug-likeness (QED) is 0.181. The highest BCUT2D eigenvalue weighted by Crippen LogP contribution is 2.54. The fourth-order valence-electron chi connectivity index (χ4n) is 3.60. The number of nitrogens with zero attached hydrogens (tertiary/aromatic N) is 1. The van der Waals surface area contributed by atoms with Gasteiger partial charge < -0.3 is 18.9 Å². The van der Waals surface area contributed by atoms with Crippen LogP contribution in [0.15, 0.2) is 47.9 Å². The summed E-state index contributed by atoms with van der Waals surface area (Å²) in [4.78, 5) is 15.0. The maximum atomic E-state index is 16.4. The van der Waals surface area contributed by atoms with Crippen molar-refractivity contribution in [2.24, 2.45) is 0 Å². The number of benzene rings is 1. The van der Waals surface area contributed by atoms with E-state index < -0.39 is 45.7 Å². The Balaban J connectivity index is 2.74. The van der Waals surface area contributed by atoms with Crippen LogP contribution in [0.1, 0.15) is 48.0 Å². The van der Waals surface area contributed by atoms with Crippen molar-refractivity contribution in [2.45, 2.75) is 112 Å². The van der Waals surface area contributed by atoms with Crippen molar-refractivity contribution in [3.8, 4) is 0 Å². The molecule has 1 heterocycles. The number of aliphatic hydroxyl groups is 1. The molecule has 2 rings (SSSR count). The minimum Gasteiger partial charge on any atom is -0.406 e. The van der Waals surface area contributed by atoms with Gasteiger partial charge in [0.25, 0.3) is 5.91 Å². The molecule has 1 aliphatic rings. The third kappa shape index (κ3) is 6.41. The molecule has 1 aliphatic heterocycles. The second-order valence-corrected chi connectivity index (χ2v) is 23.5. The maximum Gasteiger partial charge on any atom is 0.347 e. The smallest absolute Gasteiger partial charge is 0.347 e. The minimum absolute atomic E-state index is 0.126. The predicted molar refractivity (Wildman–Crippen MR) is 153 cm³/mol. The molecule has 1 amide bonds. The van der Waals surface area contributed by atoms with Gasteiger partial charge in [0.1, 0.15) is 6.10 Å². The van der Waals surface area contributed by atoms with Crippen molar-refractivity contribution >= 4 is 34.3 Å². The number of likely N-dealkylation sites (tertiary alicyclic amines) is 1. The number of carbonyl (C=O) groups is 1. The van der Waals surface area contributed by atoms with Crippen LogP contribution in [0.5, 0.6) is 0 Å². The van der Waals surface area contributed by atoms with Crippen LogP contribution in [-0.4, -0.2) is 62.3 Å². The normalized spacial score (nSPS) is 24.0. The zero-order chi connectivity index (χ0) is 28.7. The van der Waals surface area contributed by atoms with Gasteiger partial charge >= 0.3 is 5.25 Å². The fraction of sp³-hybridized carbons (Fsp3) is 0.667. The number of hydrogen-bond acceptors (Lipinski definition) is 5. The van der Waals surface area contributed by atoms with Crippen molar-refractivity contribution in [1.29, 1.82) is 0 Å². The van der Waals surface area contributed by atoms with E-state index in [9.17, 15) is 9.90 Å². The molecule has 0 aromatic heterocycles. The lowest BCUT2D eigenvalue weighted by atomic mass is 10.1. The SMILES string of the molecule is C=CCCN1C(=O)[C@H](O[Si](C)(C)C(C)(C)C)[C@@H](O[Si](C)(C)C(C)(C)C)[C@]1(O)C(F)(F)Sc1ccccc1. The van der Waals surface area contributed by atoms with E-state index in [4.69, 9.17) is 8.85 Å². The average molecular weight is 574 g/mol. The lowest BCUT2D eigenvalue weighted by Gasteiger charge is -2.47. The van der Waals surface area contributed by atoms with E-state index in [2.05, 4.69) is 6.58 Å². The Labute approximate surface area is 228 Å². The van der Waals surface area contributed by atoms with Crippen molar-refractivity contribution in [2.75, 3.05) is 6.54 Å². The van der Waals surface area contributed by atoms with E-state index in [1.54, 1.807) is 36.4 Å². The van der Waals surface area contributed by atoms with E-state index in [0.29, 0.717) is 0 Å². The van der Waals surface area contributed by atoms with E-state index in [-0.39, 0.29) is 39.7 Å². The topological polar surface area (TPSA) is 59.0 Å². The van der Waals surface area contributed by atoms with Crippen LogP contribution in [0, 0.1) is 0 Å². The highest BCUT2D eigenvalue weighted by Gasteiger charge is 2.73. The molecule has 1 aromatic rings. The third-order valence-corrected chi connectivity index (χ3v) is 18.0. The fourth-order valence-corrected chi connectivity index (χ4v) is 7.05. The zero-order valence-corrected chi connectivity index (χ0v) is 26.8. The Morgan fingerprint density at radius 3 is 1.97 bits per heavy atom. The summed E-state index contributed by atoms with van der Waals surface area (Å²) in [5.41, 5.74) is -2.93. The summed E-state index contributed by atoms with van der Waals surface area (Å²) in [7, 11) is -5.38. The number of carbonyl (C=O) groups excluding carboxylic acids is 1. The van der Waals surface area contributed by atoms with Gasteiger partial charge in [-0.15, -0.1) is 6.58 Å². The number of rotatable bonds is 10. The predicted octanol–water partition coefficient (Wildman–Crippen LogP) is 7.26. The summed E-state index contributed by atoms with van der Waals surface area (Å²) in [6.45, 7) is 23.4. The molecular weight excluding hydrogens is 529 g/mol. The first-order valence-corrected chi connectivity index (χ1v) is 19.4. The van der Waals surface area contributed by atoms with Crippen LogP contribution < -0.4 is 0 Å². The summed E-state index contributed by atoms with van der Waals surface area (Å²) in [5, 5.41) is 7.69. The van der Waals surface area contributed by atoms with Crippen LogP contribution in [0.4, 0.5) is 8.78 Å². The number of halogens is 2. The Morgan fingerprint density at radius 2 is 1.51 bits per heavy atom. The first-order chi connectivity index (χ1) is 16.6. The standard InChI is InChI=1S/C27H45F2NO4SSi2/c1-12-13-19-30-23(31)21(33-36(8,9)24(2,3)4)22(34-37(10,11)25(5,6)7)26(30,32)27(28,29)35-20-17-15-14-16-18-20/h12,14-18,21-22,32H,1,13,19H2,2-11H3/t21-,22-,26+/m1/s1. The van der Waals surface area contributed by atoms with Crippen LogP contribution in [0.3, 0.4) is 0 Å². The molecule has 1 saturated heterocycles. The first kappa shape index (κ1) is 32.2. The van der Waals surface area contributed by atoms with Gasteiger partial charge in [0.15, 0.2) is 22.7 Å². The van der Waals surface area contributed by atoms with Crippen LogP contribution in [-0.2, 0) is 13.6 Å². The highest BCUT2D eigenvalue weighted by atomic mass is 32.2. The molecule has 1 N–H and O–H groups in total. The first-order valence-electron chi connectivity index (χ1n) is 12.7. The Morgan fingerprint density at radius 1 is 1.03 bits per heavy atom. The van der Waals surface area contributed by atoms with Gasteiger partial charge in [-0.2, -0.15) is 8.78 Å². The molecule has 0 aliphatic carbocycles. The molecule has 210 valence electrons. The van der Waals surface area contributed by atoms with Gasteiger partial charge in [-0.1, -0.05) is 65.8 Å². The number of thioether (sulfide) groups is 1. The van der Waals surface area contributed by atoms with E-state index >= 15 is 8.78 Å². The Kier molecular flexibility index (Phi) is 9.43. The van der Waals surface area contributed by atoms with Gasteiger partial charge in [-0.05, 0) is 66.6 Å². The Bertz CT molecular complexity index is 963. The molecule has 0 saturated carbocycles. The van der Waals surface area contributed by atoms with Crippen LogP contribution in [0.2, 0.25) is 36.3 Å². The summed E-state index contributed by atoms with van der Waals surface area (Å²) >= 11 is 0.232. The van der Waals surface area contributed by atoms with Gasteiger partial charge in [0, 0.05) is 11.4 Å². The van der Waals surface area contributed by atoms with Crippen molar-refractivity contribution in [3.05, 3.63) is 43.0 Å². The highest BCUT2D eigenvalue weighted by molar-refractivity contribution is 8.00. The third-order valence-electron chi connectivity index (χ3n) is 8.02.